The maximum atomic E-state index is 6.31. The van der Waals surface area contributed by atoms with Crippen LogP contribution in [-0.4, -0.2) is 9.97 Å². The highest BCUT2D eigenvalue weighted by atomic mass is 35.5. The largest absolute Gasteiger partial charge is 0.222 e. The van der Waals surface area contributed by atoms with Crippen LogP contribution in [0.15, 0.2) is 90.1 Å². The molecule has 0 spiro atoms. The summed E-state index contributed by atoms with van der Waals surface area (Å²) in [5, 5.41) is 2.00. The number of halogens is 2. The van der Waals surface area contributed by atoms with Crippen molar-refractivity contribution < 1.29 is 0 Å². The average Bonchev–Trinajstić information content (AvgIpc) is 2.74. The normalized spacial score (nSPS) is 10.8. The molecular formula is C23H16Cl2N2S. The summed E-state index contributed by atoms with van der Waals surface area (Å²) in [6.45, 7) is 0. The lowest BCUT2D eigenvalue weighted by Gasteiger charge is -2.09. The molecular weight excluding hydrogens is 407 g/mol. The van der Waals surface area contributed by atoms with E-state index in [0.29, 0.717) is 21.0 Å². The van der Waals surface area contributed by atoms with Gasteiger partial charge >= 0.3 is 0 Å². The first kappa shape index (κ1) is 19.0. The van der Waals surface area contributed by atoms with Gasteiger partial charge in [0.05, 0.1) is 11.4 Å². The van der Waals surface area contributed by atoms with E-state index in [1.807, 2.05) is 54.6 Å². The second kappa shape index (κ2) is 8.78. The van der Waals surface area contributed by atoms with Gasteiger partial charge in [-0.15, -0.1) is 0 Å². The van der Waals surface area contributed by atoms with Crippen molar-refractivity contribution in [1.82, 2.24) is 9.97 Å². The molecule has 138 valence electrons. The van der Waals surface area contributed by atoms with Crippen molar-refractivity contribution in [2.75, 3.05) is 0 Å². The molecule has 1 aromatic heterocycles. The van der Waals surface area contributed by atoms with Gasteiger partial charge in [0.2, 0.25) is 0 Å². The molecule has 0 saturated carbocycles. The minimum absolute atomic E-state index is 0.632. The van der Waals surface area contributed by atoms with Crippen molar-refractivity contribution in [3.63, 3.8) is 0 Å². The molecule has 1 heterocycles. The highest BCUT2D eigenvalue weighted by Gasteiger charge is 2.10. The highest BCUT2D eigenvalue weighted by Crippen LogP contribution is 2.30. The number of benzene rings is 3. The molecule has 0 aliphatic heterocycles. The van der Waals surface area contributed by atoms with Crippen LogP contribution >= 0.6 is 35.0 Å². The van der Waals surface area contributed by atoms with Gasteiger partial charge in [0.25, 0.3) is 0 Å². The summed E-state index contributed by atoms with van der Waals surface area (Å²) in [7, 11) is 0. The number of rotatable bonds is 5. The van der Waals surface area contributed by atoms with E-state index in [9.17, 15) is 0 Å². The Bertz CT molecular complexity index is 1030. The van der Waals surface area contributed by atoms with E-state index in [4.69, 9.17) is 33.2 Å². The Balaban J connectivity index is 1.69. The molecule has 0 fully saturated rings. The third-order valence-corrected chi connectivity index (χ3v) is 5.70. The molecule has 5 heteroatoms. The molecule has 4 rings (SSSR count). The summed E-state index contributed by atoms with van der Waals surface area (Å²) in [5.41, 5.74) is 4.94. The predicted octanol–water partition coefficient (Wildman–Crippen LogP) is 7.41. The number of hydrogen-bond donors (Lipinski definition) is 0. The van der Waals surface area contributed by atoms with Gasteiger partial charge in [-0.05, 0) is 23.8 Å². The van der Waals surface area contributed by atoms with Crippen LogP contribution in [0, 0.1) is 0 Å². The second-order valence-electron chi connectivity index (χ2n) is 6.18. The molecule has 2 nitrogen and oxygen atoms in total. The highest BCUT2D eigenvalue weighted by molar-refractivity contribution is 7.98. The minimum Gasteiger partial charge on any atom is -0.222 e. The average molecular weight is 423 g/mol. The summed E-state index contributed by atoms with van der Waals surface area (Å²) in [6, 6.07) is 27.9. The zero-order valence-electron chi connectivity index (χ0n) is 14.8. The standard InChI is InChI=1S/C23H16Cl2N2S/c24-19-12-11-18(20(25)13-19)15-28-23-26-21(16-7-3-1-4-8-16)14-22(27-23)17-9-5-2-6-10-17/h1-14H,15H2. The number of hydrogen-bond acceptors (Lipinski definition) is 3. The molecule has 0 unspecified atom stereocenters. The molecule has 28 heavy (non-hydrogen) atoms. The second-order valence-corrected chi connectivity index (χ2v) is 7.96. The van der Waals surface area contributed by atoms with E-state index in [0.717, 1.165) is 28.1 Å². The third kappa shape index (κ3) is 4.56. The lowest BCUT2D eigenvalue weighted by atomic mass is 10.1. The lowest BCUT2D eigenvalue weighted by Crippen LogP contribution is -1.95. The van der Waals surface area contributed by atoms with Crippen molar-refractivity contribution in [3.8, 4) is 22.5 Å². The quantitative estimate of drug-likeness (QED) is 0.247. The first-order valence-electron chi connectivity index (χ1n) is 8.76. The Labute approximate surface area is 178 Å². The number of thioether (sulfide) groups is 1. The minimum atomic E-state index is 0.632. The van der Waals surface area contributed by atoms with E-state index < -0.39 is 0 Å². The van der Waals surface area contributed by atoms with Gasteiger partial charge in [-0.2, -0.15) is 0 Å². The van der Waals surface area contributed by atoms with Crippen LogP contribution in [0.25, 0.3) is 22.5 Å². The smallest absolute Gasteiger partial charge is 0.189 e. The summed E-state index contributed by atoms with van der Waals surface area (Å²) < 4.78 is 0. The van der Waals surface area contributed by atoms with Crippen LogP contribution in [0.5, 0.6) is 0 Å². The van der Waals surface area contributed by atoms with Crippen LogP contribution in [0.3, 0.4) is 0 Å². The van der Waals surface area contributed by atoms with Crippen molar-refractivity contribution in [1.29, 1.82) is 0 Å². The number of aromatic nitrogens is 2. The molecule has 4 aromatic rings. The van der Waals surface area contributed by atoms with Gasteiger partial charge in [0.1, 0.15) is 0 Å². The molecule has 0 radical (unpaired) electrons. The van der Waals surface area contributed by atoms with Gasteiger partial charge < -0.3 is 0 Å². The molecule has 0 N–H and O–H groups in total. The molecule has 3 aromatic carbocycles. The summed E-state index contributed by atoms with van der Waals surface area (Å²) in [5.74, 6) is 0.669. The molecule has 0 saturated heterocycles. The Morgan fingerprint density at radius 2 is 1.25 bits per heavy atom. The molecule has 0 amide bonds. The fourth-order valence-electron chi connectivity index (χ4n) is 2.78. The van der Waals surface area contributed by atoms with Gasteiger partial charge in [-0.1, -0.05) is 102 Å². The van der Waals surface area contributed by atoms with E-state index in [1.54, 1.807) is 17.8 Å². The van der Waals surface area contributed by atoms with Gasteiger partial charge in [-0.25, -0.2) is 9.97 Å². The van der Waals surface area contributed by atoms with Crippen LogP contribution in [0.2, 0.25) is 10.0 Å². The van der Waals surface area contributed by atoms with Crippen molar-refractivity contribution in [2.24, 2.45) is 0 Å². The van der Waals surface area contributed by atoms with Crippen molar-refractivity contribution in [3.05, 3.63) is 101 Å². The van der Waals surface area contributed by atoms with E-state index in [-0.39, 0.29) is 0 Å². The lowest BCUT2D eigenvalue weighted by molar-refractivity contribution is 0.978. The van der Waals surface area contributed by atoms with Gasteiger partial charge in [-0.3, -0.25) is 0 Å². The fourth-order valence-corrected chi connectivity index (χ4v) is 4.20. The zero-order valence-corrected chi connectivity index (χ0v) is 17.2. The Hall–Kier alpha value is -2.33. The van der Waals surface area contributed by atoms with Crippen molar-refractivity contribution >= 4 is 35.0 Å². The van der Waals surface area contributed by atoms with Crippen LogP contribution in [0.1, 0.15) is 5.56 Å². The van der Waals surface area contributed by atoms with Gasteiger partial charge in [0, 0.05) is 26.9 Å². The van der Waals surface area contributed by atoms with Crippen LogP contribution in [0.4, 0.5) is 0 Å². The maximum Gasteiger partial charge on any atom is 0.189 e. The summed E-state index contributed by atoms with van der Waals surface area (Å²) >= 11 is 13.9. The molecule has 0 bridgehead atoms. The predicted molar refractivity (Wildman–Crippen MR) is 119 cm³/mol. The Morgan fingerprint density at radius 1 is 0.679 bits per heavy atom. The maximum absolute atomic E-state index is 6.31. The molecule has 0 aliphatic carbocycles. The summed E-state index contributed by atoms with van der Waals surface area (Å²) in [6.07, 6.45) is 0. The fraction of sp³-hybridized carbons (Fsp3) is 0.0435. The van der Waals surface area contributed by atoms with E-state index in [2.05, 4.69) is 24.3 Å². The molecule has 0 atom stereocenters. The SMILES string of the molecule is Clc1ccc(CSc2nc(-c3ccccc3)cc(-c3ccccc3)n2)c(Cl)c1. The zero-order chi connectivity index (χ0) is 19.3. The van der Waals surface area contributed by atoms with Gasteiger partial charge in [0.15, 0.2) is 5.16 Å². The third-order valence-electron chi connectivity index (χ3n) is 4.22. The van der Waals surface area contributed by atoms with Crippen LogP contribution in [-0.2, 0) is 5.75 Å². The van der Waals surface area contributed by atoms with E-state index >= 15 is 0 Å². The summed E-state index contributed by atoms with van der Waals surface area (Å²) in [4.78, 5) is 9.55. The first-order valence-corrected chi connectivity index (χ1v) is 10.5. The van der Waals surface area contributed by atoms with Crippen molar-refractivity contribution in [2.45, 2.75) is 10.9 Å². The topological polar surface area (TPSA) is 25.8 Å². The number of nitrogens with zero attached hydrogens (tertiary/aromatic N) is 2. The first-order chi connectivity index (χ1) is 13.7. The van der Waals surface area contributed by atoms with Crippen LogP contribution < -0.4 is 0 Å². The monoisotopic (exact) mass is 422 g/mol. The Kier molecular flexibility index (Phi) is 5.96. The Morgan fingerprint density at radius 3 is 1.79 bits per heavy atom. The van der Waals surface area contributed by atoms with E-state index in [1.165, 1.54) is 0 Å². The molecule has 0 aliphatic rings.